The first-order chi connectivity index (χ1) is 11.6. The van der Waals surface area contributed by atoms with E-state index in [1.807, 2.05) is 42.2 Å². The van der Waals surface area contributed by atoms with Gasteiger partial charge in [0.05, 0.1) is 7.11 Å². The molecule has 0 saturated carbocycles. The molecule has 4 heteroatoms. The van der Waals surface area contributed by atoms with Gasteiger partial charge in [-0.2, -0.15) is 11.8 Å². The maximum atomic E-state index is 5.19. The van der Waals surface area contributed by atoms with Crippen LogP contribution in [0, 0.1) is 0 Å². The predicted molar refractivity (Wildman–Crippen MR) is 111 cm³/mol. The zero-order chi connectivity index (χ0) is 17.8. The molecule has 0 spiro atoms. The van der Waals surface area contributed by atoms with Crippen LogP contribution in [0.4, 0.5) is 0 Å². The zero-order valence-electron chi connectivity index (χ0n) is 15.2. The van der Waals surface area contributed by atoms with Gasteiger partial charge in [-0.25, -0.2) is 0 Å². The van der Waals surface area contributed by atoms with E-state index in [-0.39, 0.29) is 0 Å². The van der Waals surface area contributed by atoms with Crippen molar-refractivity contribution >= 4 is 23.1 Å². The Kier molecular flexibility index (Phi) is 10.6. The topological polar surface area (TPSA) is 21.3 Å². The maximum Gasteiger partial charge on any atom is 0.118 e. The lowest BCUT2D eigenvalue weighted by atomic mass is 10.2. The fourth-order valence-corrected chi connectivity index (χ4v) is 3.68. The first kappa shape index (κ1) is 20.8. The van der Waals surface area contributed by atoms with Crippen LogP contribution in [0.3, 0.4) is 0 Å². The van der Waals surface area contributed by atoms with Crippen molar-refractivity contribution in [3.05, 3.63) is 53.9 Å². The smallest absolute Gasteiger partial charge is 0.118 e. The normalized spacial score (nSPS) is 10.2. The molecule has 24 heavy (non-hydrogen) atoms. The number of methoxy groups -OCH3 is 1. The van der Waals surface area contributed by atoms with Crippen molar-refractivity contribution in [3.63, 3.8) is 0 Å². The first-order valence-electron chi connectivity index (χ1n) is 8.23. The summed E-state index contributed by atoms with van der Waals surface area (Å²) in [5, 5.41) is 4.23. The number of hydrogen-bond acceptors (Lipinski definition) is 4. The lowest BCUT2D eigenvalue weighted by Crippen LogP contribution is -2.16. The van der Waals surface area contributed by atoms with Gasteiger partial charge in [0, 0.05) is 28.6 Å². The number of benzene rings is 1. The Morgan fingerprint density at radius 1 is 1.21 bits per heavy atom. The van der Waals surface area contributed by atoms with Gasteiger partial charge in [0.15, 0.2) is 0 Å². The second kappa shape index (κ2) is 12.2. The van der Waals surface area contributed by atoms with Gasteiger partial charge in [-0.05, 0) is 54.1 Å². The van der Waals surface area contributed by atoms with E-state index >= 15 is 0 Å². The molecule has 0 unspecified atom stereocenters. The third-order valence-electron chi connectivity index (χ3n) is 3.07. The van der Waals surface area contributed by atoms with Gasteiger partial charge in [0.1, 0.15) is 5.75 Å². The average molecular weight is 364 g/mol. The summed E-state index contributed by atoms with van der Waals surface area (Å²) >= 11 is 3.85. The molecule has 1 aromatic carbocycles. The van der Waals surface area contributed by atoms with E-state index in [2.05, 4.69) is 50.0 Å². The SMILES string of the molecule is C=CC.COc1ccc(-c2ccc(CNCCSC(C)C)s2)cc1. The fourth-order valence-electron chi connectivity index (χ4n) is 1.96. The van der Waals surface area contributed by atoms with Crippen molar-refractivity contribution in [2.24, 2.45) is 0 Å². The summed E-state index contributed by atoms with van der Waals surface area (Å²) < 4.78 is 5.19. The number of rotatable bonds is 8. The third-order valence-corrected chi connectivity index (χ3v) is 5.31. The van der Waals surface area contributed by atoms with Crippen molar-refractivity contribution in [3.8, 4) is 16.2 Å². The van der Waals surface area contributed by atoms with Gasteiger partial charge in [-0.15, -0.1) is 17.9 Å². The van der Waals surface area contributed by atoms with Crippen molar-refractivity contribution in [1.82, 2.24) is 5.32 Å². The number of nitrogens with one attached hydrogen (secondary N) is 1. The predicted octanol–water partition coefficient (Wildman–Crippen LogP) is 5.85. The Hall–Kier alpha value is -1.23. The van der Waals surface area contributed by atoms with Crippen LogP contribution in [0.25, 0.3) is 10.4 Å². The van der Waals surface area contributed by atoms with Crippen LogP contribution < -0.4 is 10.1 Å². The summed E-state index contributed by atoms with van der Waals surface area (Å²) in [4.78, 5) is 2.70. The molecular weight excluding hydrogens is 334 g/mol. The Labute approximate surface area is 155 Å². The molecule has 0 saturated heterocycles. The summed E-state index contributed by atoms with van der Waals surface area (Å²) in [5.41, 5.74) is 1.25. The van der Waals surface area contributed by atoms with Gasteiger partial charge in [0.2, 0.25) is 0 Å². The highest BCUT2D eigenvalue weighted by Crippen LogP contribution is 2.29. The molecule has 0 aliphatic heterocycles. The molecule has 1 heterocycles. The second-order valence-corrected chi connectivity index (χ2v) is 8.35. The van der Waals surface area contributed by atoms with Gasteiger partial charge in [-0.1, -0.05) is 19.9 Å². The monoisotopic (exact) mass is 363 g/mol. The van der Waals surface area contributed by atoms with Crippen LogP contribution in [-0.2, 0) is 6.54 Å². The quantitative estimate of drug-likeness (QED) is 0.470. The molecule has 0 atom stereocenters. The molecule has 1 N–H and O–H groups in total. The van der Waals surface area contributed by atoms with Crippen LogP contribution in [0.1, 0.15) is 25.6 Å². The largest absolute Gasteiger partial charge is 0.497 e. The molecule has 1 aromatic heterocycles. The van der Waals surface area contributed by atoms with Crippen LogP contribution in [0.5, 0.6) is 5.75 Å². The summed E-state index contributed by atoms with van der Waals surface area (Å²) in [7, 11) is 1.70. The Morgan fingerprint density at radius 3 is 2.46 bits per heavy atom. The van der Waals surface area contributed by atoms with Crippen LogP contribution in [0.2, 0.25) is 0 Å². The number of thiophene rings is 1. The highest BCUT2D eigenvalue weighted by atomic mass is 32.2. The van der Waals surface area contributed by atoms with Crippen molar-refractivity contribution in [2.45, 2.75) is 32.6 Å². The maximum absolute atomic E-state index is 5.19. The minimum Gasteiger partial charge on any atom is -0.497 e. The molecule has 0 fully saturated rings. The molecule has 0 bridgehead atoms. The van der Waals surface area contributed by atoms with E-state index in [1.165, 1.54) is 21.1 Å². The van der Waals surface area contributed by atoms with Crippen LogP contribution >= 0.6 is 23.1 Å². The third kappa shape index (κ3) is 8.04. The summed E-state index contributed by atoms with van der Waals surface area (Å²) in [6, 6.07) is 12.7. The van der Waals surface area contributed by atoms with Gasteiger partial charge in [0.25, 0.3) is 0 Å². The van der Waals surface area contributed by atoms with E-state index in [0.29, 0.717) is 0 Å². The lowest BCUT2D eigenvalue weighted by Gasteiger charge is -2.05. The molecule has 2 aromatic rings. The fraction of sp³-hybridized carbons (Fsp3) is 0.400. The number of thioether (sulfide) groups is 1. The highest BCUT2D eigenvalue weighted by Gasteiger charge is 2.03. The van der Waals surface area contributed by atoms with Crippen molar-refractivity contribution in [2.75, 3.05) is 19.4 Å². The molecule has 2 nitrogen and oxygen atoms in total. The standard InChI is InChI=1S/C17H23NOS2.C3H6/c1-13(2)20-11-10-18-12-16-8-9-17(21-16)14-4-6-15(19-3)7-5-14;1-3-2/h4-9,13,18H,10-12H2,1-3H3;3H,1H2,2H3. The van der Waals surface area contributed by atoms with E-state index in [4.69, 9.17) is 4.74 Å². The molecule has 0 aliphatic carbocycles. The molecular formula is C20H29NOS2. The van der Waals surface area contributed by atoms with E-state index in [9.17, 15) is 0 Å². The Bertz CT molecular complexity index is 576. The first-order valence-corrected chi connectivity index (χ1v) is 10.1. The summed E-state index contributed by atoms with van der Waals surface area (Å²) in [6.45, 7) is 11.8. The molecule has 2 rings (SSSR count). The van der Waals surface area contributed by atoms with Gasteiger partial charge in [-0.3, -0.25) is 0 Å². The molecule has 132 valence electrons. The minimum atomic E-state index is 0.718. The van der Waals surface area contributed by atoms with Crippen LogP contribution in [-0.4, -0.2) is 24.7 Å². The van der Waals surface area contributed by atoms with E-state index in [1.54, 1.807) is 13.2 Å². The summed E-state index contributed by atoms with van der Waals surface area (Å²) in [6.07, 6.45) is 1.75. The molecule has 0 aliphatic rings. The Morgan fingerprint density at radius 2 is 1.88 bits per heavy atom. The molecule has 0 amide bonds. The number of hydrogen-bond donors (Lipinski definition) is 1. The van der Waals surface area contributed by atoms with Crippen molar-refractivity contribution < 1.29 is 4.74 Å². The number of allylic oxidation sites excluding steroid dienone is 1. The minimum absolute atomic E-state index is 0.718. The highest BCUT2D eigenvalue weighted by molar-refractivity contribution is 7.99. The van der Waals surface area contributed by atoms with Gasteiger partial charge < -0.3 is 10.1 Å². The van der Waals surface area contributed by atoms with Crippen molar-refractivity contribution in [1.29, 1.82) is 0 Å². The Balaban J connectivity index is 0.000000891. The molecule has 0 radical (unpaired) electrons. The lowest BCUT2D eigenvalue weighted by molar-refractivity contribution is 0.415. The zero-order valence-corrected chi connectivity index (χ0v) is 16.8. The summed E-state index contributed by atoms with van der Waals surface area (Å²) in [5.74, 6) is 2.08. The average Bonchev–Trinajstić information content (AvgIpc) is 3.04. The van der Waals surface area contributed by atoms with Gasteiger partial charge >= 0.3 is 0 Å². The second-order valence-electron chi connectivity index (χ2n) is 5.50. The van der Waals surface area contributed by atoms with E-state index < -0.39 is 0 Å². The van der Waals surface area contributed by atoms with Crippen LogP contribution in [0.15, 0.2) is 49.1 Å². The van der Waals surface area contributed by atoms with E-state index in [0.717, 1.165) is 24.1 Å². The number of ether oxygens (including phenoxy) is 1.